The summed E-state index contributed by atoms with van der Waals surface area (Å²) < 4.78 is 18.7. The van der Waals surface area contributed by atoms with Crippen LogP contribution in [0.1, 0.15) is 11.1 Å². The molecule has 0 unspecified atom stereocenters. The van der Waals surface area contributed by atoms with E-state index in [0.717, 1.165) is 28.1 Å². The van der Waals surface area contributed by atoms with E-state index < -0.39 is 6.10 Å². The molecule has 180 valence electrons. The van der Waals surface area contributed by atoms with Gasteiger partial charge in [0.15, 0.2) is 0 Å². The summed E-state index contributed by atoms with van der Waals surface area (Å²) in [6.45, 7) is 4.42. The standard InChI is InChI=1S/C27H33N3O4/c1-5-16-33-20-23(31)18-30(15-17-32-4)19-25-26(22-9-7-6-8-10-22)28-29(3)27(25)34-24-13-11-21(2)12-14-24/h1,6-14,23,31H,15-20H2,2-4H3/t23-/m0/s1. The molecular formula is C27H33N3O4. The first-order chi connectivity index (χ1) is 16.5. The normalized spacial score (nSPS) is 12.0. The quantitative estimate of drug-likeness (QED) is 0.308. The Morgan fingerprint density at radius 1 is 1.15 bits per heavy atom. The van der Waals surface area contributed by atoms with Crippen molar-refractivity contribution in [3.63, 3.8) is 0 Å². The summed E-state index contributed by atoms with van der Waals surface area (Å²) >= 11 is 0. The van der Waals surface area contributed by atoms with Gasteiger partial charge in [-0.3, -0.25) is 4.90 Å². The third-order valence-electron chi connectivity index (χ3n) is 5.33. The van der Waals surface area contributed by atoms with Gasteiger partial charge in [0.2, 0.25) is 5.88 Å². The van der Waals surface area contributed by atoms with Gasteiger partial charge < -0.3 is 19.3 Å². The Balaban J connectivity index is 1.92. The summed E-state index contributed by atoms with van der Waals surface area (Å²) in [5.41, 5.74) is 3.93. The fourth-order valence-corrected chi connectivity index (χ4v) is 3.65. The number of terminal acetylenes is 1. The van der Waals surface area contributed by atoms with Crippen molar-refractivity contribution < 1.29 is 19.3 Å². The van der Waals surface area contributed by atoms with Gasteiger partial charge in [0, 0.05) is 39.4 Å². The molecule has 1 N–H and O–H groups in total. The highest BCUT2D eigenvalue weighted by atomic mass is 16.5. The number of nitrogens with zero attached hydrogens (tertiary/aromatic N) is 3. The van der Waals surface area contributed by atoms with Gasteiger partial charge in [-0.1, -0.05) is 53.9 Å². The average molecular weight is 464 g/mol. The van der Waals surface area contributed by atoms with Crippen LogP contribution in [0.3, 0.4) is 0 Å². The average Bonchev–Trinajstić information content (AvgIpc) is 3.14. The summed E-state index contributed by atoms with van der Waals surface area (Å²) in [7, 11) is 3.54. The molecule has 7 nitrogen and oxygen atoms in total. The molecule has 0 fully saturated rings. The zero-order valence-electron chi connectivity index (χ0n) is 20.1. The molecule has 0 aliphatic rings. The number of aryl methyl sites for hydroxylation is 2. The SMILES string of the molecule is C#CCOC[C@@H](O)CN(CCOC)Cc1c(-c2ccccc2)nn(C)c1Oc1ccc(C)cc1. The number of rotatable bonds is 13. The molecule has 1 heterocycles. The van der Waals surface area contributed by atoms with Crippen molar-refractivity contribution in [2.45, 2.75) is 19.6 Å². The molecule has 0 radical (unpaired) electrons. The number of benzene rings is 2. The van der Waals surface area contributed by atoms with Gasteiger partial charge in [0.1, 0.15) is 18.1 Å². The van der Waals surface area contributed by atoms with Crippen LogP contribution in [-0.2, 0) is 23.1 Å². The van der Waals surface area contributed by atoms with Crippen LogP contribution < -0.4 is 4.74 Å². The van der Waals surface area contributed by atoms with Gasteiger partial charge in [0.25, 0.3) is 0 Å². The highest BCUT2D eigenvalue weighted by Crippen LogP contribution is 2.34. The maximum atomic E-state index is 10.5. The van der Waals surface area contributed by atoms with E-state index in [-0.39, 0.29) is 13.2 Å². The van der Waals surface area contributed by atoms with Crippen molar-refractivity contribution in [1.82, 2.24) is 14.7 Å². The Kier molecular flexibility index (Phi) is 9.68. The molecule has 0 saturated heterocycles. The summed E-state index contributed by atoms with van der Waals surface area (Å²) in [4.78, 5) is 2.11. The van der Waals surface area contributed by atoms with Crippen molar-refractivity contribution in [3.8, 4) is 35.2 Å². The van der Waals surface area contributed by atoms with Gasteiger partial charge in [-0.25, -0.2) is 4.68 Å². The van der Waals surface area contributed by atoms with E-state index >= 15 is 0 Å². The topological polar surface area (TPSA) is 69.0 Å². The lowest BCUT2D eigenvalue weighted by Gasteiger charge is -2.25. The van der Waals surface area contributed by atoms with Crippen LogP contribution in [0.2, 0.25) is 0 Å². The second-order valence-electron chi connectivity index (χ2n) is 8.14. The van der Waals surface area contributed by atoms with Crippen molar-refractivity contribution in [2.24, 2.45) is 7.05 Å². The summed E-state index contributed by atoms with van der Waals surface area (Å²) in [6.07, 6.45) is 4.55. The number of aliphatic hydroxyl groups is 1. The number of methoxy groups -OCH3 is 1. The largest absolute Gasteiger partial charge is 0.439 e. The maximum absolute atomic E-state index is 10.5. The van der Waals surface area contributed by atoms with Crippen LogP contribution in [0, 0.1) is 19.3 Å². The minimum absolute atomic E-state index is 0.166. The minimum atomic E-state index is -0.691. The molecule has 3 rings (SSSR count). The monoisotopic (exact) mass is 463 g/mol. The highest BCUT2D eigenvalue weighted by molar-refractivity contribution is 5.65. The predicted octanol–water partition coefficient (Wildman–Crippen LogP) is 3.65. The molecule has 0 saturated carbocycles. The molecule has 0 bridgehead atoms. The van der Waals surface area contributed by atoms with Crippen molar-refractivity contribution in [3.05, 3.63) is 65.7 Å². The predicted molar refractivity (Wildman–Crippen MR) is 133 cm³/mol. The third-order valence-corrected chi connectivity index (χ3v) is 5.33. The van der Waals surface area contributed by atoms with Crippen LogP contribution in [0.4, 0.5) is 0 Å². The molecule has 0 amide bonds. The number of hydrogen-bond acceptors (Lipinski definition) is 6. The minimum Gasteiger partial charge on any atom is -0.439 e. The van der Waals surface area contributed by atoms with E-state index in [1.165, 1.54) is 0 Å². The van der Waals surface area contributed by atoms with Crippen LogP contribution in [0.5, 0.6) is 11.6 Å². The molecule has 0 spiro atoms. The number of ether oxygens (including phenoxy) is 3. The lowest BCUT2D eigenvalue weighted by atomic mass is 10.1. The fraction of sp³-hybridized carbons (Fsp3) is 0.370. The number of aromatic nitrogens is 2. The zero-order valence-corrected chi connectivity index (χ0v) is 20.1. The van der Waals surface area contributed by atoms with Gasteiger partial charge in [-0.15, -0.1) is 6.42 Å². The summed E-state index contributed by atoms with van der Waals surface area (Å²) in [6, 6.07) is 17.9. The number of hydrogen-bond donors (Lipinski definition) is 1. The van der Waals surface area contributed by atoms with Crippen LogP contribution in [-0.4, -0.2) is 65.9 Å². The molecule has 0 aliphatic carbocycles. The number of aliphatic hydroxyl groups excluding tert-OH is 1. The molecule has 3 aromatic rings. The maximum Gasteiger partial charge on any atom is 0.222 e. The van der Waals surface area contributed by atoms with Crippen molar-refractivity contribution in [1.29, 1.82) is 0 Å². The van der Waals surface area contributed by atoms with Crippen molar-refractivity contribution >= 4 is 0 Å². The van der Waals surface area contributed by atoms with E-state index in [9.17, 15) is 5.11 Å². The lowest BCUT2D eigenvalue weighted by Crippen LogP contribution is -2.36. The Labute approximate surface area is 201 Å². The Hall–Kier alpha value is -3.15. The third kappa shape index (κ3) is 7.17. The van der Waals surface area contributed by atoms with Gasteiger partial charge in [-0.2, -0.15) is 5.10 Å². The lowest BCUT2D eigenvalue weighted by molar-refractivity contribution is 0.0206. The van der Waals surface area contributed by atoms with Gasteiger partial charge in [0.05, 0.1) is 24.9 Å². The first-order valence-electron chi connectivity index (χ1n) is 11.3. The van der Waals surface area contributed by atoms with E-state index in [0.29, 0.717) is 32.1 Å². The smallest absolute Gasteiger partial charge is 0.222 e. The van der Waals surface area contributed by atoms with Gasteiger partial charge in [-0.05, 0) is 19.1 Å². The van der Waals surface area contributed by atoms with Crippen LogP contribution >= 0.6 is 0 Å². The molecule has 0 aliphatic heterocycles. The van der Waals surface area contributed by atoms with Crippen LogP contribution in [0.25, 0.3) is 11.3 Å². The second kappa shape index (κ2) is 12.9. The molecule has 1 atom stereocenters. The Bertz CT molecular complexity index is 1060. The molecule has 34 heavy (non-hydrogen) atoms. The summed E-state index contributed by atoms with van der Waals surface area (Å²) in [5, 5.41) is 15.3. The Morgan fingerprint density at radius 2 is 1.88 bits per heavy atom. The van der Waals surface area contributed by atoms with E-state index in [2.05, 4.69) is 10.8 Å². The van der Waals surface area contributed by atoms with Crippen LogP contribution in [0.15, 0.2) is 54.6 Å². The first kappa shape index (κ1) is 25.5. The molecule has 1 aromatic heterocycles. The van der Waals surface area contributed by atoms with Gasteiger partial charge >= 0.3 is 0 Å². The fourth-order valence-electron chi connectivity index (χ4n) is 3.65. The molecule has 7 heteroatoms. The van der Waals surface area contributed by atoms with E-state index in [1.807, 2.05) is 68.6 Å². The van der Waals surface area contributed by atoms with E-state index in [4.69, 9.17) is 25.7 Å². The first-order valence-corrected chi connectivity index (χ1v) is 11.3. The molecular weight excluding hydrogens is 430 g/mol. The Morgan fingerprint density at radius 3 is 2.56 bits per heavy atom. The second-order valence-corrected chi connectivity index (χ2v) is 8.14. The summed E-state index contributed by atoms with van der Waals surface area (Å²) in [5.74, 6) is 3.81. The molecule has 2 aromatic carbocycles. The zero-order chi connectivity index (χ0) is 24.3. The highest BCUT2D eigenvalue weighted by Gasteiger charge is 2.23. The van der Waals surface area contributed by atoms with Crippen molar-refractivity contribution in [2.75, 3.05) is 40.0 Å². The van der Waals surface area contributed by atoms with E-state index in [1.54, 1.807) is 11.8 Å².